The summed E-state index contributed by atoms with van der Waals surface area (Å²) in [5, 5.41) is 4.49. The third-order valence-electron chi connectivity index (χ3n) is 5.66. The quantitative estimate of drug-likeness (QED) is 0.500. The number of halogens is 2. The first kappa shape index (κ1) is 21.0. The van der Waals surface area contributed by atoms with Crippen LogP contribution < -0.4 is 15.4 Å². The number of carbonyl (C=O) groups is 1. The van der Waals surface area contributed by atoms with Gasteiger partial charge in [0.2, 0.25) is 11.8 Å². The lowest BCUT2D eigenvalue weighted by Gasteiger charge is -2.16. The van der Waals surface area contributed by atoms with E-state index in [-0.39, 0.29) is 23.4 Å². The van der Waals surface area contributed by atoms with Crippen molar-refractivity contribution in [3.8, 4) is 17.1 Å². The maximum Gasteiger partial charge on any atom is 0.232 e. The molecule has 1 saturated heterocycles. The lowest BCUT2D eigenvalue weighted by atomic mass is 10.1. The molecule has 2 aromatic heterocycles. The summed E-state index contributed by atoms with van der Waals surface area (Å²) in [6.07, 6.45) is 1.29. The smallest absolute Gasteiger partial charge is 0.232 e. The summed E-state index contributed by atoms with van der Waals surface area (Å²) in [7, 11) is 0. The number of hydrogen-bond donors (Lipinski definition) is 1. The Morgan fingerprint density at radius 1 is 1.12 bits per heavy atom. The molecule has 1 aliphatic rings. The van der Waals surface area contributed by atoms with Gasteiger partial charge in [0, 0.05) is 41.9 Å². The van der Waals surface area contributed by atoms with Crippen LogP contribution in [0.15, 0.2) is 60.8 Å². The number of hydrogen-bond acceptors (Lipinski definition) is 5. The second-order valence-corrected chi connectivity index (χ2v) is 8.03. The first-order valence-electron chi connectivity index (χ1n) is 10.5. The highest BCUT2D eigenvalue weighted by atomic mass is 19.1. The zero-order valence-electron chi connectivity index (χ0n) is 17.8. The van der Waals surface area contributed by atoms with Gasteiger partial charge in [-0.25, -0.2) is 18.3 Å². The van der Waals surface area contributed by atoms with Gasteiger partial charge in [0.05, 0.1) is 11.9 Å². The Kier molecular flexibility index (Phi) is 5.26. The van der Waals surface area contributed by atoms with Crippen LogP contribution >= 0.6 is 0 Å². The van der Waals surface area contributed by atoms with E-state index in [1.807, 2.05) is 24.3 Å². The van der Waals surface area contributed by atoms with Crippen molar-refractivity contribution in [2.75, 3.05) is 11.4 Å². The number of nitrogens with zero attached hydrogens (tertiary/aromatic N) is 4. The van der Waals surface area contributed by atoms with E-state index in [0.717, 1.165) is 35.1 Å². The Morgan fingerprint density at radius 3 is 2.64 bits per heavy atom. The molecule has 1 unspecified atom stereocenters. The molecule has 4 aromatic rings. The van der Waals surface area contributed by atoms with Crippen molar-refractivity contribution < 1.29 is 18.3 Å². The fourth-order valence-electron chi connectivity index (χ4n) is 3.98. The maximum absolute atomic E-state index is 14.1. The minimum atomic E-state index is -0.749. The van der Waals surface area contributed by atoms with Crippen molar-refractivity contribution >= 4 is 17.2 Å². The molecule has 1 amide bonds. The predicted molar refractivity (Wildman–Crippen MR) is 119 cm³/mol. The summed E-state index contributed by atoms with van der Waals surface area (Å²) in [6, 6.07) is 14.0. The molecule has 9 heteroatoms. The number of ether oxygens (including phenoxy) is 1. The van der Waals surface area contributed by atoms with Crippen LogP contribution in [-0.4, -0.2) is 33.1 Å². The Bertz CT molecular complexity index is 1340. The Labute approximate surface area is 188 Å². The monoisotopic (exact) mass is 449 g/mol. The van der Waals surface area contributed by atoms with Crippen LogP contribution in [0.25, 0.3) is 16.9 Å². The van der Waals surface area contributed by atoms with Gasteiger partial charge in [-0.2, -0.15) is 0 Å². The van der Waals surface area contributed by atoms with Gasteiger partial charge in [-0.05, 0) is 43.3 Å². The van der Waals surface area contributed by atoms with Crippen LogP contribution in [0.5, 0.6) is 5.88 Å². The molecule has 1 fully saturated rings. The van der Waals surface area contributed by atoms with Crippen LogP contribution in [0.3, 0.4) is 0 Å². The molecule has 168 valence electrons. The van der Waals surface area contributed by atoms with Crippen molar-refractivity contribution in [3.05, 3.63) is 78.0 Å². The summed E-state index contributed by atoms with van der Waals surface area (Å²) in [6.45, 7) is 2.13. The molecule has 0 spiro atoms. The van der Waals surface area contributed by atoms with Crippen molar-refractivity contribution in [1.82, 2.24) is 14.6 Å². The zero-order valence-corrected chi connectivity index (χ0v) is 17.8. The summed E-state index contributed by atoms with van der Waals surface area (Å²) in [4.78, 5) is 18.2. The van der Waals surface area contributed by atoms with Crippen molar-refractivity contribution in [2.45, 2.75) is 25.5 Å². The zero-order chi connectivity index (χ0) is 23.1. The van der Waals surface area contributed by atoms with Crippen LogP contribution in [-0.2, 0) is 4.79 Å². The SMILES string of the molecule is CC(Oc1ccc2ncc(-c3ccc(N4C[C@@H](N)CC4=O)cc3)n2n1)c1cc(F)ccc1F. The normalized spacial score (nSPS) is 17.0. The molecule has 2 aromatic carbocycles. The lowest BCUT2D eigenvalue weighted by molar-refractivity contribution is -0.117. The number of imidazole rings is 1. The van der Waals surface area contributed by atoms with Crippen molar-refractivity contribution in [1.29, 1.82) is 0 Å². The van der Waals surface area contributed by atoms with Gasteiger partial charge in [-0.15, -0.1) is 5.10 Å². The number of carbonyl (C=O) groups excluding carboxylic acids is 1. The van der Waals surface area contributed by atoms with Crippen LogP contribution in [0.4, 0.5) is 14.5 Å². The van der Waals surface area contributed by atoms with Crippen LogP contribution in [0.1, 0.15) is 25.0 Å². The first-order chi connectivity index (χ1) is 15.9. The van der Waals surface area contributed by atoms with E-state index in [9.17, 15) is 13.6 Å². The Morgan fingerprint density at radius 2 is 1.91 bits per heavy atom. The van der Waals surface area contributed by atoms with E-state index < -0.39 is 17.7 Å². The molecular weight excluding hydrogens is 428 g/mol. The van der Waals surface area contributed by atoms with Gasteiger partial charge in [-0.3, -0.25) is 4.79 Å². The molecule has 0 aliphatic carbocycles. The largest absolute Gasteiger partial charge is 0.469 e. The second-order valence-electron chi connectivity index (χ2n) is 8.03. The molecular formula is C24H21F2N5O2. The van der Waals surface area contributed by atoms with Crippen molar-refractivity contribution in [3.63, 3.8) is 0 Å². The van der Waals surface area contributed by atoms with E-state index >= 15 is 0 Å². The highest BCUT2D eigenvalue weighted by molar-refractivity contribution is 5.96. The number of fused-ring (bicyclic) bond motifs is 1. The molecule has 5 rings (SSSR count). The minimum Gasteiger partial charge on any atom is -0.469 e. The van der Waals surface area contributed by atoms with Gasteiger partial charge in [0.15, 0.2) is 5.65 Å². The van der Waals surface area contributed by atoms with E-state index in [2.05, 4.69) is 10.1 Å². The summed E-state index contributed by atoms with van der Waals surface area (Å²) in [5.41, 5.74) is 8.95. The molecule has 0 saturated carbocycles. The molecule has 33 heavy (non-hydrogen) atoms. The number of amides is 1. The highest BCUT2D eigenvalue weighted by Crippen LogP contribution is 2.28. The molecule has 2 atom stereocenters. The molecule has 7 nitrogen and oxygen atoms in total. The van der Waals surface area contributed by atoms with Gasteiger partial charge in [-0.1, -0.05) is 12.1 Å². The van der Waals surface area contributed by atoms with Crippen LogP contribution in [0.2, 0.25) is 0 Å². The Balaban J connectivity index is 1.42. The highest BCUT2D eigenvalue weighted by Gasteiger charge is 2.28. The predicted octanol–water partition coefficient (Wildman–Crippen LogP) is 3.88. The topological polar surface area (TPSA) is 85.7 Å². The van der Waals surface area contributed by atoms with E-state index in [4.69, 9.17) is 10.5 Å². The lowest BCUT2D eigenvalue weighted by Crippen LogP contribution is -2.27. The summed E-state index contributed by atoms with van der Waals surface area (Å²) < 4.78 is 35.0. The number of nitrogens with two attached hydrogens (primary N) is 1. The number of benzene rings is 2. The van der Waals surface area contributed by atoms with E-state index in [1.165, 1.54) is 0 Å². The second kappa shape index (κ2) is 8.25. The summed E-state index contributed by atoms with van der Waals surface area (Å²) in [5.74, 6) is -0.836. The maximum atomic E-state index is 14.1. The Hall–Kier alpha value is -3.85. The number of rotatable bonds is 5. The first-order valence-corrected chi connectivity index (χ1v) is 10.5. The molecule has 0 bridgehead atoms. The summed E-state index contributed by atoms with van der Waals surface area (Å²) >= 11 is 0. The van der Waals surface area contributed by atoms with E-state index in [0.29, 0.717) is 18.6 Å². The average Bonchev–Trinajstić information content (AvgIpc) is 3.37. The fourth-order valence-corrected chi connectivity index (χ4v) is 3.98. The fraction of sp³-hybridized carbons (Fsp3) is 0.208. The third-order valence-corrected chi connectivity index (χ3v) is 5.66. The van der Waals surface area contributed by atoms with Crippen LogP contribution in [0, 0.1) is 11.6 Å². The molecule has 0 radical (unpaired) electrons. The average molecular weight is 449 g/mol. The minimum absolute atomic E-state index is 0.0114. The molecule has 2 N–H and O–H groups in total. The molecule has 3 heterocycles. The van der Waals surface area contributed by atoms with E-state index in [1.54, 1.807) is 34.7 Å². The number of anilines is 1. The van der Waals surface area contributed by atoms with Gasteiger partial charge in [0.25, 0.3) is 0 Å². The standard InChI is InChI=1S/C24H21F2N5O2/c1-14(19-10-16(25)4-7-20(19)26)33-23-9-8-22-28-12-21(31(22)29-23)15-2-5-18(6-3-15)30-13-17(27)11-24(30)32/h2-10,12,14,17H,11,13,27H2,1H3/t14?,17-/m0/s1. The molecule has 1 aliphatic heterocycles. The van der Waals surface area contributed by atoms with Crippen molar-refractivity contribution in [2.24, 2.45) is 5.73 Å². The van der Waals surface area contributed by atoms with Gasteiger partial charge < -0.3 is 15.4 Å². The van der Waals surface area contributed by atoms with Gasteiger partial charge >= 0.3 is 0 Å². The third kappa shape index (κ3) is 4.03. The number of aromatic nitrogens is 3. The van der Waals surface area contributed by atoms with Gasteiger partial charge in [0.1, 0.15) is 17.7 Å².